The lowest BCUT2D eigenvalue weighted by Gasteiger charge is -2.37. The molecule has 164 valence electrons. The van der Waals surface area contributed by atoms with Gasteiger partial charge in [0, 0.05) is 0 Å². The third-order valence-electron chi connectivity index (χ3n) is 5.43. The molecular weight excluding hydrogens is 328 g/mol. The summed E-state index contributed by atoms with van der Waals surface area (Å²) in [6, 6.07) is 0. The van der Waals surface area contributed by atoms with Crippen LogP contribution in [0.25, 0.3) is 0 Å². The molecule has 0 saturated heterocycles. The molecule has 0 saturated carbocycles. The number of hydrogen-bond donors (Lipinski definition) is 0. The Morgan fingerprint density at radius 3 is 1.11 bits per heavy atom. The predicted octanol–water partition coefficient (Wildman–Crippen LogP) is 9.05. The molecule has 0 aromatic heterocycles. The van der Waals surface area contributed by atoms with Gasteiger partial charge in [-0.2, -0.15) is 0 Å². The molecule has 1 nitrogen and oxygen atoms in total. The third-order valence-corrected chi connectivity index (χ3v) is 5.43. The van der Waals surface area contributed by atoms with E-state index < -0.39 is 0 Å². The SMILES string of the molecule is CC(CCCC(C)(C)OC(C)(C)CCCC(C)CC(C)(C)C)CC(C)(C)C. The molecule has 0 aliphatic carbocycles. The molecule has 2 unspecified atom stereocenters. The largest absolute Gasteiger partial charge is 0.370 e. The Labute approximate surface area is 173 Å². The maximum atomic E-state index is 6.59. The second kappa shape index (κ2) is 10.7. The Kier molecular flexibility index (Phi) is 10.6. The van der Waals surface area contributed by atoms with Crippen LogP contribution in [0, 0.1) is 22.7 Å². The van der Waals surface area contributed by atoms with Gasteiger partial charge in [-0.05, 0) is 76.0 Å². The quantitative estimate of drug-likeness (QED) is 0.327. The average molecular weight is 383 g/mol. The van der Waals surface area contributed by atoms with Crippen molar-refractivity contribution in [3.63, 3.8) is 0 Å². The Morgan fingerprint density at radius 1 is 0.556 bits per heavy atom. The van der Waals surface area contributed by atoms with Crippen LogP contribution in [-0.4, -0.2) is 11.2 Å². The molecule has 0 rings (SSSR count). The molecule has 0 amide bonds. The molecule has 0 aliphatic heterocycles. The Morgan fingerprint density at radius 2 is 0.852 bits per heavy atom. The standard InChI is InChI=1S/C26H54O/c1-21(19-23(3,4)5)15-13-17-25(9,10)27-26(11,12)18-14-16-22(2)20-24(6,7)8/h21-22H,13-20H2,1-12H3. The van der Waals surface area contributed by atoms with Gasteiger partial charge in [0.05, 0.1) is 11.2 Å². The number of rotatable bonds is 12. The van der Waals surface area contributed by atoms with Crippen molar-refractivity contribution in [3.8, 4) is 0 Å². The van der Waals surface area contributed by atoms with E-state index in [9.17, 15) is 0 Å². The topological polar surface area (TPSA) is 9.23 Å². The van der Waals surface area contributed by atoms with Crippen LogP contribution in [0.4, 0.5) is 0 Å². The zero-order chi connectivity index (χ0) is 21.5. The van der Waals surface area contributed by atoms with E-state index in [1.54, 1.807) is 0 Å². The Balaban J connectivity index is 4.24. The molecule has 0 aromatic rings. The monoisotopic (exact) mass is 382 g/mol. The van der Waals surface area contributed by atoms with Gasteiger partial charge in [0.15, 0.2) is 0 Å². The summed E-state index contributed by atoms with van der Waals surface area (Å²) < 4.78 is 6.59. The molecule has 1 heteroatoms. The summed E-state index contributed by atoms with van der Waals surface area (Å²) in [6.45, 7) is 28.0. The van der Waals surface area contributed by atoms with Crippen LogP contribution in [0.3, 0.4) is 0 Å². The molecule has 0 spiro atoms. The van der Waals surface area contributed by atoms with Crippen molar-refractivity contribution in [1.29, 1.82) is 0 Å². The van der Waals surface area contributed by atoms with Crippen LogP contribution in [0.15, 0.2) is 0 Å². The van der Waals surface area contributed by atoms with Crippen molar-refractivity contribution in [2.24, 2.45) is 22.7 Å². The van der Waals surface area contributed by atoms with Gasteiger partial charge in [-0.25, -0.2) is 0 Å². The first-order chi connectivity index (χ1) is 11.9. The summed E-state index contributed by atoms with van der Waals surface area (Å²) in [5.41, 5.74) is 0.832. The van der Waals surface area contributed by atoms with E-state index >= 15 is 0 Å². The van der Waals surface area contributed by atoms with Crippen molar-refractivity contribution in [1.82, 2.24) is 0 Å². The van der Waals surface area contributed by atoms with Crippen LogP contribution in [0.2, 0.25) is 0 Å². The molecule has 2 atom stereocenters. The smallest absolute Gasteiger partial charge is 0.0633 e. The highest BCUT2D eigenvalue weighted by Crippen LogP contribution is 2.33. The minimum Gasteiger partial charge on any atom is -0.370 e. The van der Waals surface area contributed by atoms with Crippen LogP contribution in [0.5, 0.6) is 0 Å². The first kappa shape index (κ1) is 27.0. The van der Waals surface area contributed by atoms with Gasteiger partial charge in [-0.3, -0.25) is 0 Å². The molecule has 27 heavy (non-hydrogen) atoms. The van der Waals surface area contributed by atoms with Crippen molar-refractivity contribution in [3.05, 3.63) is 0 Å². The van der Waals surface area contributed by atoms with E-state index in [4.69, 9.17) is 4.74 Å². The van der Waals surface area contributed by atoms with Crippen molar-refractivity contribution >= 4 is 0 Å². The van der Waals surface area contributed by atoms with Gasteiger partial charge < -0.3 is 4.74 Å². The van der Waals surface area contributed by atoms with Gasteiger partial charge in [0.25, 0.3) is 0 Å². The molecule has 0 fully saturated rings. The lowest BCUT2D eigenvalue weighted by atomic mass is 9.82. The molecule has 0 radical (unpaired) electrons. The van der Waals surface area contributed by atoms with Crippen LogP contribution in [0.1, 0.15) is 134 Å². The van der Waals surface area contributed by atoms with Crippen LogP contribution < -0.4 is 0 Å². The molecule has 0 aromatic carbocycles. The van der Waals surface area contributed by atoms with Gasteiger partial charge in [0.2, 0.25) is 0 Å². The molecule has 0 N–H and O–H groups in total. The Hall–Kier alpha value is -0.0400. The van der Waals surface area contributed by atoms with E-state index in [1.165, 1.54) is 38.5 Å². The average Bonchev–Trinajstić information content (AvgIpc) is 2.31. The summed E-state index contributed by atoms with van der Waals surface area (Å²) in [6.07, 6.45) is 10.1. The fourth-order valence-electron chi connectivity index (χ4n) is 4.90. The zero-order valence-corrected chi connectivity index (χ0v) is 21.2. The minimum atomic E-state index is -0.0258. The molecular formula is C26H54O. The zero-order valence-electron chi connectivity index (χ0n) is 21.2. The lowest BCUT2D eigenvalue weighted by molar-refractivity contribution is -0.131. The van der Waals surface area contributed by atoms with Gasteiger partial charge in [-0.1, -0.05) is 81.1 Å². The van der Waals surface area contributed by atoms with E-state index in [2.05, 4.69) is 83.1 Å². The van der Waals surface area contributed by atoms with Crippen LogP contribution >= 0.6 is 0 Å². The summed E-state index contributed by atoms with van der Waals surface area (Å²) in [7, 11) is 0. The third kappa shape index (κ3) is 16.6. The van der Waals surface area contributed by atoms with E-state index in [1.807, 2.05) is 0 Å². The van der Waals surface area contributed by atoms with Gasteiger partial charge in [-0.15, -0.1) is 0 Å². The van der Waals surface area contributed by atoms with Crippen molar-refractivity contribution in [2.45, 2.75) is 146 Å². The number of ether oxygens (including phenoxy) is 1. The van der Waals surface area contributed by atoms with Crippen molar-refractivity contribution < 1.29 is 4.74 Å². The molecule has 0 bridgehead atoms. The summed E-state index contributed by atoms with van der Waals surface area (Å²) >= 11 is 0. The van der Waals surface area contributed by atoms with E-state index in [0.29, 0.717) is 10.8 Å². The summed E-state index contributed by atoms with van der Waals surface area (Å²) in [4.78, 5) is 0. The van der Waals surface area contributed by atoms with E-state index in [0.717, 1.165) is 24.7 Å². The highest BCUT2D eigenvalue weighted by molar-refractivity contribution is 4.79. The maximum absolute atomic E-state index is 6.59. The fourth-order valence-corrected chi connectivity index (χ4v) is 4.90. The summed E-state index contributed by atoms with van der Waals surface area (Å²) in [5, 5.41) is 0. The summed E-state index contributed by atoms with van der Waals surface area (Å²) in [5.74, 6) is 1.61. The maximum Gasteiger partial charge on any atom is 0.0633 e. The van der Waals surface area contributed by atoms with Gasteiger partial charge in [0.1, 0.15) is 0 Å². The first-order valence-electron chi connectivity index (χ1n) is 11.6. The first-order valence-corrected chi connectivity index (χ1v) is 11.6. The second-order valence-electron chi connectivity index (χ2n) is 13.1. The predicted molar refractivity (Wildman–Crippen MR) is 123 cm³/mol. The second-order valence-corrected chi connectivity index (χ2v) is 13.1. The molecule has 0 heterocycles. The molecule has 0 aliphatic rings. The highest BCUT2D eigenvalue weighted by Gasteiger charge is 2.29. The normalized spacial score (nSPS) is 16.4. The van der Waals surface area contributed by atoms with Gasteiger partial charge >= 0.3 is 0 Å². The van der Waals surface area contributed by atoms with Crippen molar-refractivity contribution in [2.75, 3.05) is 0 Å². The Bertz CT molecular complexity index is 353. The number of hydrogen-bond acceptors (Lipinski definition) is 1. The minimum absolute atomic E-state index is 0.0258. The lowest BCUT2D eigenvalue weighted by Crippen LogP contribution is -2.37. The fraction of sp³-hybridized carbons (Fsp3) is 1.00. The van der Waals surface area contributed by atoms with E-state index in [-0.39, 0.29) is 11.2 Å². The highest BCUT2D eigenvalue weighted by atomic mass is 16.5. The van der Waals surface area contributed by atoms with Crippen LogP contribution in [-0.2, 0) is 4.74 Å².